The summed E-state index contributed by atoms with van der Waals surface area (Å²) < 4.78 is 49.3. The summed E-state index contributed by atoms with van der Waals surface area (Å²) in [6.07, 6.45) is -4.16. The van der Waals surface area contributed by atoms with Crippen LogP contribution in [0, 0.1) is 0 Å². The van der Waals surface area contributed by atoms with Crippen molar-refractivity contribution < 1.29 is 32.1 Å². The van der Waals surface area contributed by atoms with Gasteiger partial charge in [-0.2, -0.15) is 13.2 Å². The number of furan rings is 1. The van der Waals surface area contributed by atoms with Crippen LogP contribution in [-0.4, -0.2) is 28.1 Å². The van der Waals surface area contributed by atoms with Crippen LogP contribution >= 0.6 is 0 Å². The maximum absolute atomic E-state index is 12.9. The van der Waals surface area contributed by atoms with Gasteiger partial charge in [-0.05, 0) is 42.8 Å². The van der Waals surface area contributed by atoms with Crippen molar-refractivity contribution >= 4 is 11.0 Å². The molecule has 0 saturated carbocycles. The number of fused-ring (bicyclic) bond motifs is 1. The van der Waals surface area contributed by atoms with Crippen LogP contribution < -0.4 is 4.84 Å². The van der Waals surface area contributed by atoms with Gasteiger partial charge < -0.3 is 18.9 Å². The van der Waals surface area contributed by atoms with Gasteiger partial charge in [-0.1, -0.05) is 23.4 Å². The average molecular weight is 432 g/mol. The molecule has 0 radical (unpaired) electrons. The molecule has 4 rings (SSSR count). The topological polar surface area (TPSA) is 71.9 Å². The molecule has 4 aromatic rings. The number of aromatic nitrogens is 1. The van der Waals surface area contributed by atoms with Gasteiger partial charge in [0.05, 0.1) is 5.56 Å². The lowest BCUT2D eigenvalue weighted by Crippen LogP contribution is -2.39. The van der Waals surface area contributed by atoms with Crippen molar-refractivity contribution in [2.24, 2.45) is 0 Å². The molecule has 1 N–H and O–H groups in total. The lowest BCUT2D eigenvalue weighted by molar-refractivity contribution is -0.167. The summed E-state index contributed by atoms with van der Waals surface area (Å²) in [6, 6.07) is 13.5. The predicted molar refractivity (Wildman–Crippen MR) is 106 cm³/mol. The number of alkyl halides is 3. The van der Waals surface area contributed by atoms with Crippen LogP contribution in [0.25, 0.3) is 22.4 Å². The Balaban J connectivity index is 1.48. The van der Waals surface area contributed by atoms with E-state index in [4.69, 9.17) is 13.8 Å². The van der Waals surface area contributed by atoms with E-state index >= 15 is 0 Å². The summed E-state index contributed by atoms with van der Waals surface area (Å²) >= 11 is 0. The fraction of sp³-hybridized carbons (Fsp3) is 0.227. The Kier molecular flexibility index (Phi) is 5.71. The monoisotopic (exact) mass is 432 g/mol. The van der Waals surface area contributed by atoms with Gasteiger partial charge in [-0.25, -0.2) is 0 Å². The Morgan fingerprint density at radius 3 is 2.68 bits per heavy atom. The SMILES string of the molecule is CCN(Oc1ccc2oc(-c3ccon3)cc2c1)C(O)Cc1cccc(C(F)(F)F)c1. The second kappa shape index (κ2) is 8.44. The predicted octanol–water partition coefficient (Wildman–Crippen LogP) is 5.28. The van der Waals surface area contributed by atoms with Crippen molar-refractivity contribution in [1.82, 2.24) is 10.2 Å². The lowest BCUT2D eigenvalue weighted by atomic mass is 10.1. The quantitative estimate of drug-likeness (QED) is 0.316. The lowest BCUT2D eigenvalue weighted by Gasteiger charge is -2.26. The van der Waals surface area contributed by atoms with Crippen LogP contribution in [0.1, 0.15) is 18.1 Å². The third-order valence-electron chi connectivity index (χ3n) is 4.72. The number of rotatable bonds is 7. The first-order valence-electron chi connectivity index (χ1n) is 9.56. The first-order valence-corrected chi connectivity index (χ1v) is 9.56. The van der Waals surface area contributed by atoms with E-state index < -0.39 is 18.0 Å². The van der Waals surface area contributed by atoms with E-state index in [0.717, 1.165) is 17.5 Å². The Morgan fingerprint density at radius 2 is 1.97 bits per heavy atom. The second-order valence-corrected chi connectivity index (χ2v) is 6.90. The zero-order valence-corrected chi connectivity index (χ0v) is 16.5. The molecule has 0 saturated heterocycles. The molecule has 162 valence electrons. The van der Waals surface area contributed by atoms with Crippen LogP contribution in [0.4, 0.5) is 13.2 Å². The molecule has 6 nitrogen and oxygen atoms in total. The third-order valence-corrected chi connectivity index (χ3v) is 4.72. The van der Waals surface area contributed by atoms with Crippen LogP contribution in [0.3, 0.4) is 0 Å². The van der Waals surface area contributed by atoms with E-state index in [-0.39, 0.29) is 6.42 Å². The van der Waals surface area contributed by atoms with Crippen LogP contribution in [0.2, 0.25) is 0 Å². The van der Waals surface area contributed by atoms with E-state index in [0.29, 0.717) is 34.9 Å². The second-order valence-electron chi connectivity index (χ2n) is 6.90. The van der Waals surface area contributed by atoms with Crippen LogP contribution in [0.15, 0.2) is 69.8 Å². The largest absolute Gasteiger partial charge is 0.454 e. The summed E-state index contributed by atoms with van der Waals surface area (Å²) in [5.74, 6) is 0.989. The number of aliphatic hydroxyl groups is 1. The number of hydroxylamine groups is 2. The summed E-state index contributed by atoms with van der Waals surface area (Å²) in [5.41, 5.74) is 0.782. The summed E-state index contributed by atoms with van der Waals surface area (Å²) in [6.45, 7) is 2.09. The summed E-state index contributed by atoms with van der Waals surface area (Å²) in [4.78, 5) is 5.79. The molecule has 0 spiro atoms. The van der Waals surface area contributed by atoms with E-state index in [2.05, 4.69) is 5.16 Å². The first kappa shape index (κ1) is 21.0. The maximum atomic E-state index is 12.9. The van der Waals surface area contributed by atoms with Crippen molar-refractivity contribution in [3.05, 3.63) is 72.0 Å². The molecule has 0 aliphatic heterocycles. The number of aliphatic hydroxyl groups excluding tert-OH is 1. The third kappa shape index (κ3) is 4.73. The van der Waals surface area contributed by atoms with E-state index in [1.54, 1.807) is 37.3 Å². The molecule has 1 atom stereocenters. The van der Waals surface area contributed by atoms with Crippen molar-refractivity contribution in [3.8, 4) is 17.2 Å². The highest BCUT2D eigenvalue weighted by atomic mass is 19.4. The zero-order chi connectivity index (χ0) is 22.0. The molecular weight excluding hydrogens is 413 g/mol. The van der Waals surface area contributed by atoms with Crippen molar-refractivity contribution in [3.63, 3.8) is 0 Å². The Bertz CT molecular complexity index is 1160. The fourth-order valence-corrected chi connectivity index (χ4v) is 3.20. The van der Waals surface area contributed by atoms with Crippen molar-refractivity contribution in [2.45, 2.75) is 25.7 Å². The van der Waals surface area contributed by atoms with Gasteiger partial charge in [-0.15, -0.1) is 5.06 Å². The number of hydrogen-bond acceptors (Lipinski definition) is 6. The van der Waals surface area contributed by atoms with E-state index in [1.165, 1.54) is 23.5 Å². The highest BCUT2D eigenvalue weighted by molar-refractivity contribution is 5.83. The summed E-state index contributed by atoms with van der Waals surface area (Å²) in [5, 5.41) is 16.4. The molecule has 0 amide bonds. The standard InChI is InChI=1S/C22H19F3N2O4/c1-2-27(21(28)11-14-4-3-5-16(10-14)22(23,24)25)31-17-6-7-19-15(12-17)13-20(30-19)18-8-9-29-26-18/h3-10,12-13,21,28H,2,11H2,1H3. The minimum absolute atomic E-state index is 0.0258. The number of halogens is 3. The Labute approximate surface area is 175 Å². The molecule has 0 bridgehead atoms. The molecule has 0 aliphatic carbocycles. The maximum Gasteiger partial charge on any atom is 0.416 e. The Morgan fingerprint density at radius 1 is 1.13 bits per heavy atom. The number of nitrogens with zero attached hydrogens (tertiary/aromatic N) is 2. The molecule has 2 aromatic heterocycles. The molecule has 0 fully saturated rings. The molecule has 2 heterocycles. The average Bonchev–Trinajstić information content (AvgIpc) is 3.40. The van der Waals surface area contributed by atoms with Crippen LogP contribution in [-0.2, 0) is 12.6 Å². The Hall–Kier alpha value is -3.30. The van der Waals surface area contributed by atoms with E-state index in [1.807, 2.05) is 0 Å². The molecule has 2 aromatic carbocycles. The summed E-state index contributed by atoms with van der Waals surface area (Å²) in [7, 11) is 0. The minimum Gasteiger partial charge on any atom is -0.454 e. The van der Waals surface area contributed by atoms with Crippen LogP contribution in [0.5, 0.6) is 5.75 Å². The normalized spacial score (nSPS) is 13.1. The zero-order valence-electron chi connectivity index (χ0n) is 16.5. The van der Waals surface area contributed by atoms with Gasteiger partial charge in [-0.3, -0.25) is 0 Å². The van der Waals surface area contributed by atoms with Crippen molar-refractivity contribution in [1.29, 1.82) is 0 Å². The molecular formula is C22H19F3N2O4. The molecule has 0 aliphatic rings. The van der Waals surface area contributed by atoms with Gasteiger partial charge in [0, 0.05) is 24.4 Å². The number of hydrogen-bond donors (Lipinski definition) is 1. The first-order chi connectivity index (χ1) is 14.8. The number of benzene rings is 2. The molecule has 31 heavy (non-hydrogen) atoms. The highest BCUT2D eigenvalue weighted by Gasteiger charge is 2.30. The van der Waals surface area contributed by atoms with Crippen molar-refractivity contribution in [2.75, 3.05) is 6.54 Å². The number of likely N-dealkylation sites (N-methyl/N-ethyl adjacent to an activating group) is 1. The van der Waals surface area contributed by atoms with Gasteiger partial charge >= 0.3 is 6.18 Å². The van der Waals surface area contributed by atoms with Gasteiger partial charge in [0.15, 0.2) is 5.76 Å². The van der Waals surface area contributed by atoms with E-state index in [9.17, 15) is 18.3 Å². The molecule has 1 unspecified atom stereocenters. The minimum atomic E-state index is -4.44. The van der Waals surface area contributed by atoms with Gasteiger partial charge in [0.25, 0.3) is 0 Å². The van der Waals surface area contributed by atoms with Gasteiger partial charge in [0.2, 0.25) is 0 Å². The highest BCUT2D eigenvalue weighted by Crippen LogP contribution is 2.31. The molecule has 9 heteroatoms. The fourth-order valence-electron chi connectivity index (χ4n) is 3.20. The van der Waals surface area contributed by atoms with Gasteiger partial charge in [0.1, 0.15) is 29.5 Å². The smallest absolute Gasteiger partial charge is 0.416 e.